The van der Waals surface area contributed by atoms with Gasteiger partial charge in [-0.15, -0.1) is 10.2 Å². The van der Waals surface area contributed by atoms with Crippen LogP contribution in [0.25, 0.3) is 17.5 Å². The number of carboxylic acid groups (broad SMARTS) is 1. The van der Waals surface area contributed by atoms with E-state index in [1.54, 1.807) is 12.1 Å². The number of benzene rings is 1. The van der Waals surface area contributed by atoms with Gasteiger partial charge in [0.2, 0.25) is 5.89 Å². The molecule has 5 nitrogen and oxygen atoms in total. The van der Waals surface area contributed by atoms with E-state index >= 15 is 0 Å². The van der Waals surface area contributed by atoms with Crippen molar-refractivity contribution in [1.29, 1.82) is 0 Å². The van der Waals surface area contributed by atoms with Gasteiger partial charge in [0.05, 0.1) is 5.56 Å². The summed E-state index contributed by atoms with van der Waals surface area (Å²) in [4.78, 5) is 10.3. The fourth-order valence-corrected chi connectivity index (χ4v) is 1.19. The summed E-state index contributed by atoms with van der Waals surface area (Å²) >= 11 is 0. The Balaban J connectivity index is 2.30. The summed E-state index contributed by atoms with van der Waals surface area (Å²) in [6.07, 6.45) is 2.00. The van der Waals surface area contributed by atoms with Gasteiger partial charge in [-0.1, -0.05) is 12.1 Å². The molecule has 86 valence electrons. The largest absolute Gasteiger partial charge is 0.478 e. The number of nitrogens with zero attached hydrogens (tertiary/aromatic N) is 2. The molecule has 0 saturated carbocycles. The van der Waals surface area contributed by atoms with E-state index in [1.165, 1.54) is 12.1 Å². The molecule has 17 heavy (non-hydrogen) atoms. The van der Waals surface area contributed by atoms with Crippen molar-refractivity contribution in [3.8, 4) is 11.5 Å². The first kappa shape index (κ1) is 11.0. The van der Waals surface area contributed by atoms with E-state index in [2.05, 4.69) is 10.2 Å². The molecule has 0 atom stereocenters. The highest BCUT2D eigenvalue weighted by molar-refractivity contribution is 5.84. The van der Waals surface area contributed by atoms with Crippen molar-refractivity contribution in [2.75, 3.05) is 0 Å². The first-order chi connectivity index (χ1) is 8.16. The smallest absolute Gasteiger partial charge is 0.328 e. The van der Waals surface area contributed by atoms with E-state index in [-0.39, 0.29) is 17.3 Å². The lowest BCUT2D eigenvalue weighted by Gasteiger charge is -1.94. The molecule has 0 amide bonds. The third kappa shape index (κ3) is 2.54. The number of aliphatic carboxylic acids is 1. The Hall–Kier alpha value is -2.50. The number of rotatable bonds is 3. The van der Waals surface area contributed by atoms with Gasteiger partial charge >= 0.3 is 5.97 Å². The predicted octanol–water partition coefficient (Wildman–Crippen LogP) is 1.97. The highest BCUT2D eigenvalue weighted by atomic mass is 19.1. The summed E-state index contributed by atoms with van der Waals surface area (Å²) in [5.41, 5.74) is 0.176. The van der Waals surface area contributed by atoms with Gasteiger partial charge in [0.15, 0.2) is 0 Å². The fourth-order valence-electron chi connectivity index (χ4n) is 1.19. The molecule has 0 spiro atoms. The van der Waals surface area contributed by atoms with Gasteiger partial charge in [-0.3, -0.25) is 0 Å². The third-order valence-electron chi connectivity index (χ3n) is 1.91. The average Bonchev–Trinajstić information content (AvgIpc) is 2.75. The Morgan fingerprint density at radius 2 is 2.12 bits per heavy atom. The molecule has 2 aromatic rings. The highest BCUT2D eigenvalue weighted by Crippen LogP contribution is 2.21. The van der Waals surface area contributed by atoms with E-state index in [0.717, 1.165) is 12.2 Å². The zero-order valence-corrected chi connectivity index (χ0v) is 8.50. The lowest BCUT2D eigenvalue weighted by Crippen LogP contribution is -1.85. The quantitative estimate of drug-likeness (QED) is 0.821. The first-order valence-electron chi connectivity index (χ1n) is 4.66. The van der Waals surface area contributed by atoms with Gasteiger partial charge in [0.1, 0.15) is 5.82 Å². The van der Waals surface area contributed by atoms with Crippen LogP contribution in [0.1, 0.15) is 5.89 Å². The van der Waals surface area contributed by atoms with Crippen LogP contribution >= 0.6 is 0 Å². The van der Waals surface area contributed by atoms with Crippen LogP contribution in [0.2, 0.25) is 0 Å². The second kappa shape index (κ2) is 4.56. The van der Waals surface area contributed by atoms with Crippen molar-refractivity contribution < 1.29 is 18.7 Å². The number of hydrogen-bond acceptors (Lipinski definition) is 4. The molecule has 1 heterocycles. The average molecular weight is 234 g/mol. The van der Waals surface area contributed by atoms with Crippen molar-refractivity contribution >= 4 is 12.0 Å². The molecule has 0 fully saturated rings. The molecule has 0 aliphatic heterocycles. The molecular weight excluding hydrogens is 227 g/mol. The number of carbonyl (C=O) groups is 1. The van der Waals surface area contributed by atoms with Crippen LogP contribution in [-0.2, 0) is 4.79 Å². The first-order valence-corrected chi connectivity index (χ1v) is 4.66. The highest BCUT2D eigenvalue weighted by Gasteiger charge is 2.10. The summed E-state index contributed by atoms with van der Waals surface area (Å²) in [7, 11) is 0. The van der Waals surface area contributed by atoms with Crippen LogP contribution in [0.3, 0.4) is 0 Å². The van der Waals surface area contributed by atoms with E-state index < -0.39 is 11.8 Å². The lowest BCUT2D eigenvalue weighted by molar-refractivity contribution is -0.131. The summed E-state index contributed by atoms with van der Waals surface area (Å²) in [5, 5.41) is 15.6. The van der Waals surface area contributed by atoms with Crippen molar-refractivity contribution in [1.82, 2.24) is 10.2 Å². The minimum Gasteiger partial charge on any atom is -0.478 e. The van der Waals surface area contributed by atoms with E-state index in [1.807, 2.05) is 0 Å². The van der Waals surface area contributed by atoms with E-state index in [9.17, 15) is 9.18 Å². The lowest BCUT2D eigenvalue weighted by atomic mass is 10.2. The Bertz CT molecular complexity index is 578. The van der Waals surface area contributed by atoms with Gasteiger partial charge in [-0.2, -0.15) is 0 Å². The molecule has 0 radical (unpaired) electrons. The van der Waals surface area contributed by atoms with E-state index in [0.29, 0.717) is 0 Å². The molecule has 0 bridgehead atoms. The number of halogens is 1. The maximum Gasteiger partial charge on any atom is 0.328 e. The Labute approximate surface area is 95.2 Å². The molecule has 0 aliphatic carbocycles. The molecule has 0 saturated heterocycles. The summed E-state index contributed by atoms with van der Waals surface area (Å²) in [6.45, 7) is 0. The minimum atomic E-state index is -1.13. The number of hydrogen-bond donors (Lipinski definition) is 1. The molecule has 2 rings (SSSR count). The second-order valence-electron chi connectivity index (χ2n) is 3.10. The Kier molecular flexibility index (Phi) is 2.95. The zero-order chi connectivity index (χ0) is 12.3. The predicted molar refractivity (Wildman–Crippen MR) is 56.4 cm³/mol. The third-order valence-corrected chi connectivity index (χ3v) is 1.91. The van der Waals surface area contributed by atoms with Gasteiger partial charge in [-0.05, 0) is 12.1 Å². The molecule has 0 aliphatic rings. The fraction of sp³-hybridized carbons (Fsp3) is 0. The van der Waals surface area contributed by atoms with Crippen molar-refractivity contribution in [2.24, 2.45) is 0 Å². The molecule has 0 unspecified atom stereocenters. The minimum absolute atomic E-state index is 0.00523. The molecule has 1 aromatic carbocycles. The van der Waals surface area contributed by atoms with Crippen molar-refractivity contribution in [3.05, 3.63) is 42.0 Å². The van der Waals surface area contributed by atoms with Gasteiger partial charge in [-0.25, -0.2) is 9.18 Å². The zero-order valence-electron chi connectivity index (χ0n) is 8.50. The number of aromatic nitrogens is 2. The normalized spacial score (nSPS) is 10.9. The maximum absolute atomic E-state index is 13.4. The van der Waals surface area contributed by atoms with Gasteiger partial charge in [0, 0.05) is 12.2 Å². The summed E-state index contributed by atoms with van der Waals surface area (Å²) in [6, 6.07) is 5.94. The SMILES string of the molecule is O=C(O)/C=C/c1nnc(-c2ccccc2F)o1. The van der Waals surface area contributed by atoms with Gasteiger partial charge < -0.3 is 9.52 Å². The summed E-state index contributed by atoms with van der Waals surface area (Å²) in [5.74, 6) is -1.60. The van der Waals surface area contributed by atoms with Crippen LogP contribution in [0.4, 0.5) is 4.39 Å². The van der Waals surface area contributed by atoms with Crippen LogP contribution in [0.15, 0.2) is 34.8 Å². The van der Waals surface area contributed by atoms with Crippen molar-refractivity contribution in [2.45, 2.75) is 0 Å². The Morgan fingerprint density at radius 3 is 2.82 bits per heavy atom. The summed E-state index contributed by atoms with van der Waals surface area (Å²) < 4.78 is 18.4. The maximum atomic E-state index is 13.4. The standard InChI is InChI=1S/C11H7FN2O3/c12-8-4-2-1-3-7(8)11-14-13-9(17-11)5-6-10(15)16/h1-6H,(H,15,16)/b6-5+. The van der Waals surface area contributed by atoms with Crippen LogP contribution in [0, 0.1) is 5.82 Å². The Morgan fingerprint density at radius 1 is 1.35 bits per heavy atom. The molecule has 1 N–H and O–H groups in total. The molecule has 1 aromatic heterocycles. The number of carboxylic acids is 1. The van der Waals surface area contributed by atoms with Crippen LogP contribution in [-0.4, -0.2) is 21.3 Å². The van der Waals surface area contributed by atoms with Crippen LogP contribution < -0.4 is 0 Å². The molecule has 6 heteroatoms. The topological polar surface area (TPSA) is 76.2 Å². The second-order valence-corrected chi connectivity index (χ2v) is 3.10. The monoisotopic (exact) mass is 234 g/mol. The van der Waals surface area contributed by atoms with Gasteiger partial charge in [0.25, 0.3) is 5.89 Å². The molecular formula is C11H7FN2O3. The van der Waals surface area contributed by atoms with Crippen LogP contribution in [0.5, 0.6) is 0 Å². The van der Waals surface area contributed by atoms with E-state index in [4.69, 9.17) is 9.52 Å². The van der Waals surface area contributed by atoms with Crippen molar-refractivity contribution in [3.63, 3.8) is 0 Å².